The molecule has 0 saturated heterocycles. The van der Waals surface area contributed by atoms with Crippen LogP contribution in [-0.2, 0) is 0 Å². The zero-order valence-electron chi connectivity index (χ0n) is 10.9. The van der Waals surface area contributed by atoms with Gasteiger partial charge >= 0.3 is 0 Å². The van der Waals surface area contributed by atoms with Gasteiger partial charge in [0.1, 0.15) is 11.4 Å². The third-order valence-corrected chi connectivity index (χ3v) is 3.06. The van der Waals surface area contributed by atoms with Crippen LogP contribution in [0.4, 0.5) is 5.69 Å². The predicted octanol–water partition coefficient (Wildman–Crippen LogP) is 4.45. The van der Waals surface area contributed by atoms with Crippen LogP contribution < -0.4 is 10.5 Å². The van der Waals surface area contributed by atoms with Crippen molar-refractivity contribution in [2.75, 3.05) is 5.73 Å². The molecule has 2 N–H and O–H groups in total. The summed E-state index contributed by atoms with van der Waals surface area (Å²) >= 11 is 11.9. The molecule has 0 aliphatic carbocycles. The molecule has 1 heterocycles. The number of hydrogen-bond donors (Lipinski definition) is 1. The fourth-order valence-corrected chi connectivity index (χ4v) is 2.20. The van der Waals surface area contributed by atoms with Gasteiger partial charge in [0, 0.05) is 10.0 Å². The number of ether oxygens (including phenoxy) is 1. The van der Waals surface area contributed by atoms with Gasteiger partial charge in [0.2, 0.25) is 5.88 Å². The van der Waals surface area contributed by atoms with Crippen molar-refractivity contribution < 1.29 is 4.74 Å². The Morgan fingerprint density at radius 1 is 1.21 bits per heavy atom. The first kappa shape index (κ1) is 14.0. The highest BCUT2D eigenvalue weighted by atomic mass is 35.5. The second-order valence-corrected chi connectivity index (χ2v) is 5.42. The Hall–Kier alpha value is -1.39. The van der Waals surface area contributed by atoms with E-state index < -0.39 is 0 Å². The molecule has 1 aromatic heterocycles. The highest BCUT2D eigenvalue weighted by molar-refractivity contribution is 6.34. The minimum Gasteiger partial charge on any atom is -0.437 e. The maximum absolute atomic E-state index is 5.99. The van der Waals surface area contributed by atoms with Crippen LogP contribution in [-0.4, -0.2) is 9.78 Å². The number of hydrogen-bond acceptors (Lipinski definition) is 3. The van der Waals surface area contributed by atoms with Gasteiger partial charge in [-0.15, -0.1) is 0 Å². The SMILES string of the molecule is Cc1nn(C(C)C)c(Oc2cc(Cl)cc(Cl)c2)c1N. The minimum atomic E-state index is 0.139. The number of anilines is 1. The van der Waals surface area contributed by atoms with Gasteiger partial charge in [-0.1, -0.05) is 23.2 Å². The molecule has 0 unspecified atom stereocenters. The largest absolute Gasteiger partial charge is 0.437 e. The van der Waals surface area contributed by atoms with Gasteiger partial charge < -0.3 is 10.5 Å². The summed E-state index contributed by atoms with van der Waals surface area (Å²) in [6.07, 6.45) is 0. The first-order chi connectivity index (χ1) is 8.88. The van der Waals surface area contributed by atoms with E-state index in [2.05, 4.69) is 5.10 Å². The monoisotopic (exact) mass is 299 g/mol. The Morgan fingerprint density at radius 3 is 2.32 bits per heavy atom. The number of rotatable bonds is 3. The smallest absolute Gasteiger partial charge is 0.241 e. The number of aryl methyl sites for hydroxylation is 1. The normalized spacial score (nSPS) is 11.1. The lowest BCUT2D eigenvalue weighted by molar-refractivity contribution is 0.390. The van der Waals surface area contributed by atoms with Crippen LogP contribution in [0.15, 0.2) is 18.2 Å². The molecule has 0 radical (unpaired) electrons. The fraction of sp³-hybridized carbons (Fsp3) is 0.308. The van der Waals surface area contributed by atoms with Gasteiger partial charge in [-0.2, -0.15) is 5.10 Å². The van der Waals surface area contributed by atoms with Crippen molar-refractivity contribution in [2.24, 2.45) is 0 Å². The molecule has 0 saturated carbocycles. The van der Waals surface area contributed by atoms with E-state index in [1.807, 2.05) is 20.8 Å². The Labute approximate surface area is 122 Å². The van der Waals surface area contributed by atoms with E-state index in [1.54, 1.807) is 22.9 Å². The van der Waals surface area contributed by atoms with E-state index in [-0.39, 0.29) is 6.04 Å². The van der Waals surface area contributed by atoms with Crippen molar-refractivity contribution >= 4 is 28.9 Å². The molecule has 0 fully saturated rings. The number of benzene rings is 1. The number of halogens is 2. The van der Waals surface area contributed by atoms with Crippen molar-refractivity contribution in [1.29, 1.82) is 0 Å². The average Bonchev–Trinajstić information content (AvgIpc) is 2.56. The van der Waals surface area contributed by atoms with Crippen molar-refractivity contribution in [3.63, 3.8) is 0 Å². The summed E-state index contributed by atoms with van der Waals surface area (Å²) in [6, 6.07) is 5.14. The van der Waals surface area contributed by atoms with Crippen LogP contribution in [0.25, 0.3) is 0 Å². The summed E-state index contributed by atoms with van der Waals surface area (Å²) in [5.41, 5.74) is 7.24. The van der Waals surface area contributed by atoms with Crippen LogP contribution in [0.1, 0.15) is 25.6 Å². The van der Waals surface area contributed by atoms with Crippen LogP contribution in [0.5, 0.6) is 11.6 Å². The number of nitrogen functional groups attached to an aromatic ring is 1. The number of nitrogens with zero attached hydrogens (tertiary/aromatic N) is 2. The Bertz CT molecular complexity index is 588. The molecule has 0 amide bonds. The molecular weight excluding hydrogens is 285 g/mol. The summed E-state index contributed by atoms with van der Waals surface area (Å²) in [4.78, 5) is 0. The highest BCUT2D eigenvalue weighted by Gasteiger charge is 2.17. The van der Waals surface area contributed by atoms with Crippen molar-refractivity contribution in [3.8, 4) is 11.6 Å². The maximum Gasteiger partial charge on any atom is 0.241 e. The van der Waals surface area contributed by atoms with E-state index in [1.165, 1.54) is 0 Å². The lowest BCUT2D eigenvalue weighted by Crippen LogP contribution is -2.05. The van der Waals surface area contributed by atoms with Gasteiger partial charge in [-0.25, -0.2) is 4.68 Å². The Kier molecular flexibility index (Phi) is 3.92. The van der Waals surface area contributed by atoms with Crippen LogP contribution in [0.3, 0.4) is 0 Å². The summed E-state index contributed by atoms with van der Waals surface area (Å²) in [5.74, 6) is 1.04. The summed E-state index contributed by atoms with van der Waals surface area (Å²) < 4.78 is 7.53. The van der Waals surface area contributed by atoms with Crippen molar-refractivity contribution in [1.82, 2.24) is 9.78 Å². The Morgan fingerprint density at radius 2 is 1.79 bits per heavy atom. The quantitative estimate of drug-likeness (QED) is 0.910. The van der Waals surface area contributed by atoms with Gasteiger partial charge in [0.05, 0.1) is 11.7 Å². The Balaban J connectivity index is 2.42. The standard InChI is InChI=1S/C13H15Cl2N3O/c1-7(2)18-13(12(16)8(3)17-18)19-11-5-9(14)4-10(15)6-11/h4-7H,16H2,1-3H3. The van der Waals surface area contributed by atoms with Crippen molar-refractivity contribution in [2.45, 2.75) is 26.8 Å². The molecule has 19 heavy (non-hydrogen) atoms. The molecule has 0 spiro atoms. The molecule has 1 aromatic carbocycles. The molecule has 102 valence electrons. The average molecular weight is 300 g/mol. The number of aromatic nitrogens is 2. The first-order valence-electron chi connectivity index (χ1n) is 5.87. The van der Waals surface area contributed by atoms with E-state index >= 15 is 0 Å². The van der Waals surface area contributed by atoms with Gasteiger partial charge in [-0.3, -0.25) is 0 Å². The summed E-state index contributed by atoms with van der Waals surface area (Å²) in [6.45, 7) is 5.85. The van der Waals surface area contributed by atoms with E-state index in [0.717, 1.165) is 5.69 Å². The molecule has 0 atom stereocenters. The van der Waals surface area contributed by atoms with Gasteiger partial charge in [-0.05, 0) is 39.0 Å². The lowest BCUT2D eigenvalue weighted by Gasteiger charge is -2.12. The minimum absolute atomic E-state index is 0.139. The molecule has 0 bridgehead atoms. The summed E-state index contributed by atoms with van der Waals surface area (Å²) in [7, 11) is 0. The third kappa shape index (κ3) is 2.96. The maximum atomic E-state index is 5.99. The highest BCUT2D eigenvalue weighted by Crippen LogP contribution is 2.34. The lowest BCUT2D eigenvalue weighted by atomic mass is 10.3. The second-order valence-electron chi connectivity index (χ2n) is 4.55. The summed E-state index contributed by atoms with van der Waals surface area (Å²) in [5, 5.41) is 5.37. The molecule has 0 aliphatic rings. The van der Waals surface area contributed by atoms with E-state index in [9.17, 15) is 0 Å². The van der Waals surface area contributed by atoms with Gasteiger partial charge in [0.25, 0.3) is 0 Å². The second kappa shape index (κ2) is 5.31. The molecule has 2 aromatic rings. The molecule has 0 aliphatic heterocycles. The molecule has 2 rings (SSSR count). The van der Waals surface area contributed by atoms with Crippen LogP contribution in [0.2, 0.25) is 10.0 Å². The van der Waals surface area contributed by atoms with Crippen molar-refractivity contribution in [3.05, 3.63) is 33.9 Å². The van der Waals surface area contributed by atoms with E-state index in [4.69, 9.17) is 33.7 Å². The zero-order valence-corrected chi connectivity index (χ0v) is 12.5. The molecule has 4 nitrogen and oxygen atoms in total. The number of nitrogens with two attached hydrogens (primary N) is 1. The molecule has 6 heteroatoms. The van der Waals surface area contributed by atoms with Crippen LogP contribution in [0, 0.1) is 6.92 Å². The van der Waals surface area contributed by atoms with Crippen LogP contribution >= 0.6 is 23.2 Å². The predicted molar refractivity (Wildman–Crippen MR) is 78.3 cm³/mol. The van der Waals surface area contributed by atoms with Gasteiger partial charge in [0.15, 0.2) is 0 Å². The third-order valence-electron chi connectivity index (χ3n) is 2.63. The molecular formula is C13H15Cl2N3O. The topological polar surface area (TPSA) is 53.1 Å². The van der Waals surface area contributed by atoms with E-state index in [0.29, 0.717) is 27.4 Å². The zero-order chi connectivity index (χ0) is 14.2. The first-order valence-corrected chi connectivity index (χ1v) is 6.62. The fourth-order valence-electron chi connectivity index (χ4n) is 1.69.